The minimum atomic E-state index is -0.776. The van der Waals surface area contributed by atoms with Crippen molar-refractivity contribution < 1.29 is 9.21 Å². The van der Waals surface area contributed by atoms with E-state index < -0.39 is 11.8 Å². The summed E-state index contributed by atoms with van der Waals surface area (Å²) in [6.45, 7) is 1.49. The third-order valence-electron chi connectivity index (χ3n) is 1.06. The fourth-order valence-electron chi connectivity index (χ4n) is 0.606. The highest BCUT2D eigenvalue weighted by Crippen LogP contribution is 1.83. The van der Waals surface area contributed by atoms with Crippen LogP contribution in [-0.4, -0.2) is 22.9 Å². The zero-order valence-electron chi connectivity index (χ0n) is 6.12. The van der Waals surface area contributed by atoms with Gasteiger partial charge in [-0.1, -0.05) is 0 Å². The fraction of sp³-hybridized carbons (Fsp3) is 0.400. The second-order valence-electron chi connectivity index (χ2n) is 1.85. The molecule has 0 bridgehead atoms. The highest BCUT2D eigenvalue weighted by atomic mass is 16.4. The van der Waals surface area contributed by atoms with Gasteiger partial charge >= 0.3 is 11.8 Å². The maximum atomic E-state index is 10.8. The molecule has 1 aromatic heterocycles. The van der Waals surface area contributed by atoms with Crippen molar-refractivity contribution >= 4 is 6.03 Å². The van der Waals surface area contributed by atoms with Gasteiger partial charge in [-0.2, -0.15) is 0 Å². The van der Waals surface area contributed by atoms with Gasteiger partial charge in [0.05, 0.1) is 0 Å². The Labute approximate surface area is 61.8 Å². The van der Waals surface area contributed by atoms with E-state index in [1.54, 1.807) is 0 Å². The summed E-state index contributed by atoms with van der Waals surface area (Å²) in [5, 5.41) is 5.74. The highest BCUT2D eigenvalue weighted by molar-refractivity contribution is 5.74. The summed E-state index contributed by atoms with van der Waals surface area (Å²) in [4.78, 5) is 21.5. The lowest BCUT2D eigenvalue weighted by atomic mass is 10.8. The molecular weight excluding hydrogens is 150 g/mol. The first kappa shape index (κ1) is 7.52. The molecule has 6 nitrogen and oxygen atoms in total. The summed E-state index contributed by atoms with van der Waals surface area (Å²) in [5.74, 6) is -0.611. The Morgan fingerprint density at radius 2 is 2.36 bits per heavy atom. The number of nitrogens with one attached hydrogen (secondary N) is 1. The smallest absolute Gasteiger partial charge is 0.392 e. The first-order valence-corrected chi connectivity index (χ1v) is 2.94. The van der Waals surface area contributed by atoms with E-state index in [1.807, 2.05) is 0 Å². The van der Waals surface area contributed by atoms with Crippen molar-refractivity contribution in [3.63, 3.8) is 0 Å². The van der Waals surface area contributed by atoms with E-state index in [0.29, 0.717) is 4.68 Å². The molecule has 0 fully saturated rings. The van der Waals surface area contributed by atoms with Crippen LogP contribution in [0.15, 0.2) is 9.21 Å². The standard InChI is InChI=1S/C5H7N3O3/c1-3-7-8(4(9)6-2)5(10)11-3/h1-2H3,(H,6,9). The lowest BCUT2D eigenvalue weighted by molar-refractivity contribution is 0.239. The second-order valence-corrected chi connectivity index (χ2v) is 1.85. The number of nitrogens with zero attached hydrogens (tertiary/aromatic N) is 2. The van der Waals surface area contributed by atoms with Crippen molar-refractivity contribution in [1.82, 2.24) is 15.1 Å². The number of hydrogen-bond acceptors (Lipinski definition) is 4. The lowest BCUT2D eigenvalue weighted by Crippen LogP contribution is -2.32. The molecule has 0 atom stereocenters. The van der Waals surface area contributed by atoms with Crippen molar-refractivity contribution in [3.8, 4) is 0 Å². The SMILES string of the molecule is CNC(=O)n1nc(C)oc1=O. The van der Waals surface area contributed by atoms with Gasteiger partial charge in [-0.15, -0.1) is 9.78 Å². The van der Waals surface area contributed by atoms with Gasteiger partial charge in [0, 0.05) is 14.0 Å². The summed E-state index contributed by atoms with van der Waals surface area (Å²) in [5.41, 5.74) is 0. The zero-order valence-corrected chi connectivity index (χ0v) is 6.12. The predicted octanol–water partition coefficient (Wildman–Crippen LogP) is -0.668. The molecule has 0 spiro atoms. The molecule has 0 unspecified atom stereocenters. The van der Waals surface area contributed by atoms with Crippen molar-refractivity contribution in [3.05, 3.63) is 16.4 Å². The molecule has 0 saturated carbocycles. The van der Waals surface area contributed by atoms with E-state index in [2.05, 4.69) is 14.8 Å². The highest BCUT2D eigenvalue weighted by Gasteiger charge is 2.09. The Kier molecular flexibility index (Phi) is 1.75. The van der Waals surface area contributed by atoms with Gasteiger partial charge in [0.25, 0.3) is 0 Å². The maximum Gasteiger partial charge on any atom is 0.446 e. The van der Waals surface area contributed by atoms with E-state index >= 15 is 0 Å². The van der Waals surface area contributed by atoms with Crippen LogP contribution in [0.3, 0.4) is 0 Å². The molecule has 1 aromatic rings. The third-order valence-corrected chi connectivity index (χ3v) is 1.06. The Hall–Kier alpha value is -1.59. The van der Waals surface area contributed by atoms with Crippen LogP contribution in [0.1, 0.15) is 5.89 Å². The monoisotopic (exact) mass is 157 g/mol. The minimum Gasteiger partial charge on any atom is -0.392 e. The topological polar surface area (TPSA) is 77.1 Å². The molecule has 1 heterocycles. The largest absolute Gasteiger partial charge is 0.446 e. The molecule has 0 radical (unpaired) electrons. The minimum absolute atomic E-state index is 0.165. The van der Waals surface area contributed by atoms with Crippen LogP contribution >= 0.6 is 0 Å². The van der Waals surface area contributed by atoms with Crippen LogP contribution in [0.4, 0.5) is 4.79 Å². The average Bonchev–Trinajstić information content (AvgIpc) is 2.28. The molecule has 1 amide bonds. The summed E-state index contributed by atoms with van der Waals surface area (Å²) >= 11 is 0. The van der Waals surface area contributed by atoms with Crippen molar-refractivity contribution in [1.29, 1.82) is 0 Å². The summed E-state index contributed by atoms with van der Waals surface area (Å²) in [6, 6.07) is -0.605. The molecule has 6 heteroatoms. The van der Waals surface area contributed by atoms with Gasteiger partial charge < -0.3 is 9.73 Å². The number of hydrogen-bond donors (Lipinski definition) is 1. The molecule has 0 aromatic carbocycles. The Balaban J connectivity index is 3.13. The molecule has 0 saturated heterocycles. The molecule has 1 N–H and O–H groups in total. The molecule has 0 aliphatic heterocycles. The van der Waals surface area contributed by atoms with Gasteiger partial charge in [-0.3, -0.25) is 0 Å². The van der Waals surface area contributed by atoms with E-state index in [0.717, 1.165) is 0 Å². The van der Waals surface area contributed by atoms with Gasteiger partial charge in [0.2, 0.25) is 5.89 Å². The van der Waals surface area contributed by atoms with Crippen molar-refractivity contribution in [2.45, 2.75) is 6.92 Å². The van der Waals surface area contributed by atoms with Crippen LogP contribution in [0.2, 0.25) is 0 Å². The van der Waals surface area contributed by atoms with Crippen LogP contribution in [0.25, 0.3) is 0 Å². The molecule has 60 valence electrons. The maximum absolute atomic E-state index is 10.8. The number of aromatic nitrogens is 2. The van der Waals surface area contributed by atoms with Crippen molar-refractivity contribution in [2.24, 2.45) is 0 Å². The Bertz CT molecular complexity index is 324. The van der Waals surface area contributed by atoms with Crippen LogP contribution in [0, 0.1) is 6.92 Å². The quantitative estimate of drug-likeness (QED) is 0.542. The zero-order chi connectivity index (χ0) is 8.43. The average molecular weight is 157 g/mol. The van der Waals surface area contributed by atoms with E-state index in [4.69, 9.17) is 0 Å². The Morgan fingerprint density at radius 1 is 1.73 bits per heavy atom. The third kappa shape index (κ3) is 1.28. The van der Waals surface area contributed by atoms with E-state index in [-0.39, 0.29) is 5.89 Å². The number of carbonyl (C=O) groups is 1. The number of aryl methyl sites for hydroxylation is 1. The molecule has 0 aliphatic carbocycles. The Morgan fingerprint density at radius 3 is 2.73 bits per heavy atom. The van der Waals surface area contributed by atoms with E-state index in [1.165, 1.54) is 14.0 Å². The van der Waals surface area contributed by atoms with Crippen molar-refractivity contribution in [2.75, 3.05) is 7.05 Å². The molecule has 1 rings (SSSR count). The van der Waals surface area contributed by atoms with Gasteiger partial charge in [0.15, 0.2) is 0 Å². The van der Waals surface area contributed by atoms with Crippen LogP contribution in [0.5, 0.6) is 0 Å². The number of carbonyl (C=O) groups excluding carboxylic acids is 1. The summed E-state index contributed by atoms with van der Waals surface area (Å²) < 4.78 is 5.09. The molecular formula is C5H7N3O3. The lowest BCUT2D eigenvalue weighted by Gasteiger charge is -1.91. The summed E-state index contributed by atoms with van der Waals surface area (Å²) in [7, 11) is 1.40. The predicted molar refractivity (Wildman–Crippen MR) is 35.4 cm³/mol. The first-order chi connectivity index (χ1) is 5.15. The van der Waals surface area contributed by atoms with Gasteiger partial charge in [-0.25, -0.2) is 9.59 Å². The second kappa shape index (κ2) is 2.57. The number of rotatable bonds is 0. The number of amides is 1. The van der Waals surface area contributed by atoms with Gasteiger partial charge in [-0.05, 0) is 0 Å². The molecule has 0 aliphatic rings. The summed E-state index contributed by atoms with van der Waals surface area (Å²) in [6.07, 6.45) is 0. The van der Waals surface area contributed by atoms with Crippen LogP contribution < -0.4 is 11.1 Å². The van der Waals surface area contributed by atoms with Gasteiger partial charge in [0.1, 0.15) is 0 Å². The first-order valence-electron chi connectivity index (χ1n) is 2.94. The van der Waals surface area contributed by atoms with E-state index in [9.17, 15) is 9.59 Å². The normalized spacial score (nSPS) is 9.64. The fourth-order valence-corrected chi connectivity index (χ4v) is 0.606. The molecule has 11 heavy (non-hydrogen) atoms. The van der Waals surface area contributed by atoms with Crippen LogP contribution in [-0.2, 0) is 0 Å².